The van der Waals surface area contributed by atoms with E-state index in [1.54, 1.807) is 0 Å². The quantitative estimate of drug-likeness (QED) is 0.744. The lowest BCUT2D eigenvalue weighted by Crippen LogP contribution is -2.29. The molecule has 1 heterocycles. The smallest absolute Gasteiger partial charge is 0.251 e. The molecule has 0 bridgehead atoms. The van der Waals surface area contributed by atoms with Crippen molar-refractivity contribution in [3.05, 3.63) is 34.9 Å². The fraction of sp³-hybridized carbons (Fsp3) is 0.533. The average Bonchev–Trinajstić information content (AvgIpc) is 2.44. The van der Waals surface area contributed by atoms with Crippen LogP contribution in [0.15, 0.2) is 18.2 Å². The van der Waals surface area contributed by atoms with Gasteiger partial charge in [0.25, 0.3) is 5.91 Å². The molecule has 0 aromatic heterocycles. The first kappa shape index (κ1) is 14.0. The molecule has 1 atom stereocenters. The zero-order chi connectivity index (χ0) is 13.7. The highest BCUT2D eigenvalue weighted by molar-refractivity contribution is 5.94. The summed E-state index contributed by atoms with van der Waals surface area (Å²) < 4.78 is 0. The maximum absolute atomic E-state index is 12.0. The first-order valence-corrected chi connectivity index (χ1v) is 6.92. The molecule has 1 aromatic rings. The van der Waals surface area contributed by atoms with Crippen LogP contribution >= 0.6 is 0 Å². The van der Waals surface area contributed by atoms with E-state index in [1.807, 2.05) is 19.1 Å². The molecule has 1 aromatic carbocycles. The minimum absolute atomic E-state index is 0.0295. The fourth-order valence-corrected chi connectivity index (χ4v) is 2.31. The second kappa shape index (κ2) is 6.68. The van der Waals surface area contributed by atoms with Crippen molar-refractivity contribution in [2.75, 3.05) is 19.7 Å². The molecule has 0 spiro atoms. The van der Waals surface area contributed by atoms with Crippen molar-refractivity contribution in [2.45, 2.75) is 26.3 Å². The van der Waals surface area contributed by atoms with Crippen LogP contribution in [-0.4, -0.2) is 30.7 Å². The summed E-state index contributed by atoms with van der Waals surface area (Å²) in [5.41, 5.74) is 3.28. The van der Waals surface area contributed by atoms with Gasteiger partial charge in [0.05, 0.1) is 0 Å². The maximum atomic E-state index is 12.0. The van der Waals surface area contributed by atoms with E-state index in [9.17, 15) is 4.79 Å². The standard InChI is InChI=1S/C15H22N2O2/c1-11(5-7-18)9-17-15(19)13-3-2-12-4-6-16-10-14(12)8-13/h2-3,8,11,16,18H,4-7,9-10H2,1H3,(H,17,19). The van der Waals surface area contributed by atoms with Crippen LogP contribution in [0, 0.1) is 5.92 Å². The summed E-state index contributed by atoms with van der Waals surface area (Å²) in [5, 5.41) is 15.1. The number of amides is 1. The summed E-state index contributed by atoms with van der Waals surface area (Å²) >= 11 is 0. The lowest BCUT2D eigenvalue weighted by molar-refractivity contribution is 0.0945. The third-order valence-electron chi connectivity index (χ3n) is 3.59. The van der Waals surface area contributed by atoms with Crippen molar-refractivity contribution in [1.29, 1.82) is 0 Å². The Morgan fingerprint density at radius 1 is 1.47 bits per heavy atom. The molecule has 104 valence electrons. The molecule has 4 heteroatoms. The monoisotopic (exact) mass is 262 g/mol. The third-order valence-corrected chi connectivity index (χ3v) is 3.59. The predicted molar refractivity (Wildman–Crippen MR) is 75.1 cm³/mol. The molecule has 0 fully saturated rings. The van der Waals surface area contributed by atoms with Gasteiger partial charge in [-0.1, -0.05) is 13.0 Å². The van der Waals surface area contributed by atoms with Gasteiger partial charge in [-0.15, -0.1) is 0 Å². The van der Waals surface area contributed by atoms with Crippen molar-refractivity contribution in [3.8, 4) is 0 Å². The summed E-state index contributed by atoms with van der Waals surface area (Å²) in [6, 6.07) is 5.94. The van der Waals surface area contributed by atoms with Crippen LogP contribution in [0.25, 0.3) is 0 Å². The topological polar surface area (TPSA) is 61.4 Å². The van der Waals surface area contributed by atoms with Crippen LogP contribution in [0.4, 0.5) is 0 Å². The number of benzene rings is 1. The number of nitrogens with one attached hydrogen (secondary N) is 2. The van der Waals surface area contributed by atoms with E-state index >= 15 is 0 Å². The largest absolute Gasteiger partial charge is 0.396 e. The molecule has 1 aliphatic rings. The van der Waals surface area contributed by atoms with Gasteiger partial charge in [-0.05, 0) is 48.6 Å². The summed E-state index contributed by atoms with van der Waals surface area (Å²) in [6.45, 7) is 4.65. The van der Waals surface area contributed by atoms with Crippen LogP contribution in [0.2, 0.25) is 0 Å². The maximum Gasteiger partial charge on any atom is 0.251 e. The van der Waals surface area contributed by atoms with Gasteiger partial charge in [0.1, 0.15) is 0 Å². The molecule has 1 unspecified atom stereocenters. The Kier molecular flexibility index (Phi) is 4.93. The van der Waals surface area contributed by atoms with E-state index in [1.165, 1.54) is 11.1 Å². The second-order valence-electron chi connectivity index (χ2n) is 5.24. The molecule has 0 radical (unpaired) electrons. The predicted octanol–water partition coefficient (Wildman–Crippen LogP) is 1.08. The van der Waals surface area contributed by atoms with Crippen molar-refractivity contribution >= 4 is 5.91 Å². The van der Waals surface area contributed by atoms with Crippen LogP contribution in [0.1, 0.15) is 34.8 Å². The fourth-order valence-electron chi connectivity index (χ4n) is 2.31. The van der Waals surface area contributed by atoms with E-state index in [0.29, 0.717) is 18.9 Å². The Morgan fingerprint density at radius 2 is 2.32 bits per heavy atom. The van der Waals surface area contributed by atoms with Crippen molar-refractivity contribution in [1.82, 2.24) is 10.6 Å². The van der Waals surface area contributed by atoms with Gasteiger partial charge in [0, 0.05) is 25.3 Å². The highest BCUT2D eigenvalue weighted by atomic mass is 16.3. The van der Waals surface area contributed by atoms with Gasteiger partial charge in [-0.2, -0.15) is 0 Å². The second-order valence-corrected chi connectivity index (χ2v) is 5.24. The van der Waals surface area contributed by atoms with Crippen LogP contribution in [0.3, 0.4) is 0 Å². The van der Waals surface area contributed by atoms with E-state index in [4.69, 9.17) is 5.11 Å². The Labute approximate surface area is 114 Å². The van der Waals surface area contributed by atoms with E-state index in [0.717, 1.165) is 25.1 Å². The highest BCUT2D eigenvalue weighted by Crippen LogP contribution is 2.15. The summed E-state index contributed by atoms with van der Waals surface area (Å²) in [5.74, 6) is 0.270. The molecule has 19 heavy (non-hydrogen) atoms. The zero-order valence-electron chi connectivity index (χ0n) is 11.4. The normalized spacial score (nSPS) is 15.7. The molecule has 4 nitrogen and oxygen atoms in total. The Balaban J connectivity index is 1.95. The molecule has 2 rings (SSSR count). The number of carbonyl (C=O) groups excluding carboxylic acids is 1. The Bertz CT molecular complexity index is 446. The number of hydrogen-bond donors (Lipinski definition) is 3. The zero-order valence-corrected chi connectivity index (χ0v) is 11.4. The summed E-state index contributed by atoms with van der Waals surface area (Å²) in [6.07, 6.45) is 1.75. The average molecular weight is 262 g/mol. The van der Waals surface area contributed by atoms with Gasteiger partial charge in [-0.3, -0.25) is 4.79 Å². The number of aliphatic hydroxyl groups excluding tert-OH is 1. The molecule has 0 saturated heterocycles. The first-order valence-electron chi connectivity index (χ1n) is 6.92. The van der Waals surface area contributed by atoms with Crippen LogP contribution < -0.4 is 10.6 Å². The van der Waals surface area contributed by atoms with Gasteiger partial charge in [-0.25, -0.2) is 0 Å². The van der Waals surface area contributed by atoms with E-state index in [-0.39, 0.29) is 12.5 Å². The third kappa shape index (κ3) is 3.78. The minimum atomic E-state index is -0.0295. The van der Waals surface area contributed by atoms with Gasteiger partial charge < -0.3 is 15.7 Å². The molecule has 3 N–H and O–H groups in total. The van der Waals surface area contributed by atoms with Gasteiger partial charge in [0.2, 0.25) is 0 Å². The number of rotatable bonds is 5. The lowest BCUT2D eigenvalue weighted by atomic mass is 9.98. The van der Waals surface area contributed by atoms with Crippen molar-refractivity contribution in [2.24, 2.45) is 5.92 Å². The lowest BCUT2D eigenvalue weighted by Gasteiger charge is -2.18. The number of aliphatic hydroxyl groups is 1. The molecule has 1 amide bonds. The number of hydrogen-bond acceptors (Lipinski definition) is 3. The molecular formula is C15H22N2O2. The minimum Gasteiger partial charge on any atom is -0.396 e. The number of carbonyl (C=O) groups is 1. The summed E-state index contributed by atoms with van der Waals surface area (Å²) in [7, 11) is 0. The van der Waals surface area contributed by atoms with Gasteiger partial charge in [0.15, 0.2) is 0 Å². The molecule has 1 aliphatic heterocycles. The SMILES string of the molecule is CC(CCO)CNC(=O)c1ccc2c(c1)CNCC2. The van der Waals surface area contributed by atoms with Crippen molar-refractivity contribution in [3.63, 3.8) is 0 Å². The number of fused-ring (bicyclic) bond motifs is 1. The van der Waals surface area contributed by atoms with Crippen LogP contribution in [-0.2, 0) is 13.0 Å². The van der Waals surface area contributed by atoms with Crippen molar-refractivity contribution < 1.29 is 9.90 Å². The van der Waals surface area contributed by atoms with Gasteiger partial charge >= 0.3 is 0 Å². The Morgan fingerprint density at radius 3 is 3.11 bits per heavy atom. The molecule has 0 saturated carbocycles. The highest BCUT2D eigenvalue weighted by Gasteiger charge is 2.12. The first-order chi connectivity index (χ1) is 9.20. The Hall–Kier alpha value is -1.39. The molecular weight excluding hydrogens is 240 g/mol. The van der Waals surface area contributed by atoms with E-state index < -0.39 is 0 Å². The van der Waals surface area contributed by atoms with E-state index in [2.05, 4.69) is 16.7 Å². The molecule has 0 aliphatic carbocycles. The van der Waals surface area contributed by atoms with Crippen LogP contribution in [0.5, 0.6) is 0 Å². The summed E-state index contributed by atoms with van der Waals surface area (Å²) in [4.78, 5) is 12.0.